The summed E-state index contributed by atoms with van der Waals surface area (Å²) >= 11 is 6.29. The maximum absolute atomic E-state index is 14.7. The number of nitrogens with zero attached hydrogens (tertiary/aromatic N) is 1. The quantitative estimate of drug-likeness (QED) is 0.787. The number of rotatable bonds is 6. The van der Waals surface area contributed by atoms with Crippen LogP contribution in [0.5, 0.6) is 11.5 Å². The molecule has 0 spiro atoms. The zero-order valence-electron chi connectivity index (χ0n) is 16.2. The summed E-state index contributed by atoms with van der Waals surface area (Å²) < 4.78 is 31.2. The lowest BCUT2D eigenvalue weighted by Gasteiger charge is -2.41. The fourth-order valence-corrected chi connectivity index (χ4v) is 3.85. The van der Waals surface area contributed by atoms with Gasteiger partial charge in [0.05, 0.1) is 33.5 Å². The maximum atomic E-state index is 14.7. The van der Waals surface area contributed by atoms with Crippen LogP contribution in [-0.4, -0.2) is 50.1 Å². The lowest BCUT2D eigenvalue weighted by Crippen LogP contribution is -2.46. The van der Waals surface area contributed by atoms with Gasteiger partial charge in [0, 0.05) is 23.7 Å². The van der Waals surface area contributed by atoms with Crippen molar-refractivity contribution in [1.82, 2.24) is 4.90 Å². The molecule has 1 aliphatic heterocycles. The number of methoxy groups -OCH3 is 2. The third kappa shape index (κ3) is 4.10. The number of ether oxygens (including phenoxy) is 3. The van der Waals surface area contributed by atoms with Gasteiger partial charge in [-0.15, -0.1) is 0 Å². The molecule has 3 rings (SSSR count). The van der Waals surface area contributed by atoms with Crippen molar-refractivity contribution < 1.29 is 23.7 Å². The minimum Gasteiger partial charge on any atom is -0.493 e. The van der Waals surface area contributed by atoms with E-state index in [1.54, 1.807) is 33.3 Å². The molecule has 1 heterocycles. The first-order valence-electron chi connectivity index (χ1n) is 9.12. The van der Waals surface area contributed by atoms with Crippen molar-refractivity contribution in [2.75, 3.05) is 34.0 Å². The third-order valence-electron chi connectivity index (χ3n) is 5.13. The van der Waals surface area contributed by atoms with Crippen molar-refractivity contribution in [3.8, 4) is 11.5 Å². The van der Waals surface area contributed by atoms with Crippen LogP contribution in [0.3, 0.4) is 0 Å². The van der Waals surface area contributed by atoms with Crippen LogP contribution in [0.15, 0.2) is 30.3 Å². The van der Waals surface area contributed by atoms with E-state index in [0.717, 1.165) is 5.56 Å². The minimum atomic E-state index is -0.446. The van der Waals surface area contributed by atoms with Gasteiger partial charge in [-0.25, -0.2) is 4.39 Å². The highest BCUT2D eigenvalue weighted by atomic mass is 35.5. The van der Waals surface area contributed by atoms with Gasteiger partial charge in [0.1, 0.15) is 11.9 Å². The van der Waals surface area contributed by atoms with Gasteiger partial charge in [-0.1, -0.05) is 23.7 Å². The van der Waals surface area contributed by atoms with E-state index < -0.39 is 6.10 Å². The highest BCUT2D eigenvalue weighted by Crippen LogP contribution is 2.37. The topological polar surface area (TPSA) is 51.2 Å². The van der Waals surface area contributed by atoms with Crippen LogP contribution in [0.1, 0.15) is 22.7 Å². The highest BCUT2D eigenvalue weighted by molar-refractivity contribution is 6.31. The molecule has 0 radical (unpaired) electrons. The molecular weight excluding hydrogens is 385 g/mol. The molecule has 5 nitrogen and oxygen atoms in total. The number of benzene rings is 2. The molecule has 2 atom stereocenters. The van der Waals surface area contributed by atoms with Gasteiger partial charge in [-0.3, -0.25) is 4.90 Å². The van der Waals surface area contributed by atoms with E-state index >= 15 is 0 Å². The van der Waals surface area contributed by atoms with Crippen molar-refractivity contribution in [3.63, 3.8) is 0 Å². The van der Waals surface area contributed by atoms with Crippen molar-refractivity contribution in [3.05, 3.63) is 57.9 Å². The van der Waals surface area contributed by atoms with E-state index in [-0.39, 0.29) is 18.5 Å². The maximum Gasteiger partial charge on any atom is 0.161 e. The Balaban J connectivity index is 1.99. The molecule has 28 heavy (non-hydrogen) atoms. The van der Waals surface area contributed by atoms with E-state index in [1.165, 1.54) is 0 Å². The molecule has 0 amide bonds. The number of hydrogen-bond acceptors (Lipinski definition) is 5. The molecule has 0 aromatic heterocycles. The molecule has 1 fully saturated rings. The lowest BCUT2D eigenvalue weighted by atomic mass is 9.96. The summed E-state index contributed by atoms with van der Waals surface area (Å²) in [5.41, 5.74) is 1.89. The van der Waals surface area contributed by atoms with Crippen LogP contribution in [0.4, 0.5) is 4.39 Å². The summed E-state index contributed by atoms with van der Waals surface area (Å²) in [7, 11) is 3.15. The summed E-state index contributed by atoms with van der Waals surface area (Å²) in [6, 6.07) is 8.69. The van der Waals surface area contributed by atoms with Gasteiger partial charge in [0.15, 0.2) is 11.5 Å². The van der Waals surface area contributed by atoms with Crippen LogP contribution in [0, 0.1) is 12.7 Å². The number of hydrogen-bond donors (Lipinski definition) is 1. The van der Waals surface area contributed by atoms with Gasteiger partial charge < -0.3 is 19.3 Å². The smallest absolute Gasteiger partial charge is 0.161 e. The molecule has 0 saturated carbocycles. The van der Waals surface area contributed by atoms with Crippen LogP contribution in [-0.2, 0) is 11.3 Å². The zero-order chi connectivity index (χ0) is 20.3. The Kier molecular flexibility index (Phi) is 6.78. The highest BCUT2D eigenvalue weighted by Gasteiger charge is 2.34. The fourth-order valence-electron chi connectivity index (χ4n) is 3.64. The summed E-state index contributed by atoms with van der Waals surface area (Å²) in [5.74, 6) is 0.899. The molecule has 0 aliphatic carbocycles. The second kappa shape index (κ2) is 9.09. The van der Waals surface area contributed by atoms with Crippen molar-refractivity contribution in [2.45, 2.75) is 25.6 Å². The average molecular weight is 410 g/mol. The third-order valence-corrected chi connectivity index (χ3v) is 5.48. The number of halogens is 2. The number of aryl methyl sites for hydroxylation is 1. The van der Waals surface area contributed by atoms with E-state index in [2.05, 4.69) is 4.90 Å². The molecule has 1 N–H and O–H groups in total. The molecule has 2 aromatic rings. The van der Waals surface area contributed by atoms with Crippen molar-refractivity contribution in [1.29, 1.82) is 0 Å². The summed E-state index contributed by atoms with van der Waals surface area (Å²) in [5, 5.41) is 10.3. The minimum absolute atomic E-state index is 0.153. The molecule has 1 aliphatic rings. The Morgan fingerprint density at radius 3 is 2.64 bits per heavy atom. The van der Waals surface area contributed by atoms with Crippen molar-refractivity contribution in [2.24, 2.45) is 0 Å². The summed E-state index contributed by atoms with van der Waals surface area (Å²) in [6.07, 6.45) is -0.446. The van der Waals surface area contributed by atoms with E-state index in [9.17, 15) is 9.50 Å². The van der Waals surface area contributed by atoms with Gasteiger partial charge in [-0.2, -0.15) is 0 Å². The summed E-state index contributed by atoms with van der Waals surface area (Å²) in [4.78, 5) is 2.08. The molecule has 7 heteroatoms. The van der Waals surface area contributed by atoms with Crippen LogP contribution >= 0.6 is 11.6 Å². The molecular formula is C21H25ClFNO4. The van der Waals surface area contributed by atoms with Crippen LogP contribution < -0.4 is 9.47 Å². The lowest BCUT2D eigenvalue weighted by molar-refractivity contribution is -0.0963. The Hall–Kier alpha value is -1.86. The van der Waals surface area contributed by atoms with Gasteiger partial charge in [-0.05, 0) is 36.2 Å². The van der Waals surface area contributed by atoms with E-state index in [0.29, 0.717) is 47.3 Å². The number of aliphatic hydroxyl groups excluding tert-OH is 1. The monoisotopic (exact) mass is 409 g/mol. The zero-order valence-corrected chi connectivity index (χ0v) is 17.0. The first-order chi connectivity index (χ1) is 13.5. The average Bonchev–Trinajstić information content (AvgIpc) is 2.73. The first-order valence-corrected chi connectivity index (χ1v) is 9.49. The second-order valence-corrected chi connectivity index (χ2v) is 7.19. The second-order valence-electron chi connectivity index (χ2n) is 6.78. The fraction of sp³-hybridized carbons (Fsp3) is 0.429. The Morgan fingerprint density at radius 2 is 1.96 bits per heavy atom. The summed E-state index contributed by atoms with van der Waals surface area (Å²) in [6.45, 7) is 2.90. The molecule has 0 bridgehead atoms. The number of aliphatic hydroxyl groups is 1. The van der Waals surface area contributed by atoms with Crippen molar-refractivity contribution >= 4 is 11.6 Å². The standard InChI is InChI=1S/C21H25ClFNO4/c1-13-4-6-16(22)15(20(13)23)11-24-8-9-28-19(12-25)21(24)14-5-7-17(26-2)18(10-14)27-3/h4-7,10,19,21,25H,8-9,11-12H2,1-3H3/t19-,21-/m1/s1. The van der Waals surface area contributed by atoms with Gasteiger partial charge >= 0.3 is 0 Å². The Labute approximate surface area is 169 Å². The molecule has 152 valence electrons. The molecule has 2 aromatic carbocycles. The van der Waals surface area contributed by atoms with Gasteiger partial charge in [0.2, 0.25) is 0 Å². The van der Waals surface area contributed by atoms with Crippen LogP contribution in [0.25, 0.3) is 0 Å². The Morgan fingerprint density at radius 1 is 1.21 bits per heavy atom. The van der Waals surface area contributed by atoms with Crippen LogP contribution in [0.2, 0.25) is 5.02 Å². The number of morpholine rings is 1. The molecule has 0 unspecified atom stereocenters. The normalized spacial score (nSPS) is 20.2. The van der Waals surface area contributed by atoms with E-state index in [4.69, 9.17) is 25.8 Å². The predicted octanol–water partition coefficient (Wildman–Crippen LogP) is 3.74. The SMILES string of the molecule is COc1ccc([C@@H]2[C@@H](CO)OCCN2Cc2c(Cl)ccc(C)c2F)cc1OC. The molecule has 1 saturated heterocycles. The first kappa shape index (κ1) is 20.9. The Bertz CT molecular complexity index is 832. The largest absolute Gasteiger partial charge is 0.493 e. The van der Waals surface area contributed by atoms with Gasteiger partial charge in [0.25, 0.3) is 0 Å². The predicted molar refractivity (Wildman–Crippen MR) is 106 cm³/mol. The van der Waals surface area contributed by atoms with E-state index in [1.807, 2.05) is 18.2 Å².